The van der Waals surface area contributed by atoms with Gasteiger partial charge in [-0.25, -0.2) is 0 Å². The van der Waals surface area contributed by atoms with Crippen LogP contribution in [-0.2, 0) is 19.1 Å². The summed E-state index contributed by atoms with van der Waals surface area (Å²) in [5, 5.41) is 5.88. The fraction of sp³-hybridized carbons (Fsp3) is 0.333. The number of nitrogens with zero attached hydrogens (tertiary/aromatic N) is 2. The second-order valence-electron chi connectivity index (χ2n) is 7.81. The average molecular weight is 499 g/mol. The maximum absolute atomic E-state index is 12.9. The molecule has 0 aliphatic carbocycles. The van der Waals surface area contributed by atoms with Crippen LogP contribution in [0.2, 0.25) is 0 Å². The number of morpholine rings is 2. The van der Waals surface area contributed by atoms with Crippen molar-refractivity contribution in [2.75, 3.05) is 63.2 Å². The van der Waals surface area contributed by atoms with Crippen molar-refractivity contribution < 1.29 is 19.1 Å². The minimum absolute atomic E-state index is 0.232. The Balaban J connectivity index is 1.53. The number of benzene rings is 2. The van der Waals surface area contributed by atoms with Crippen molar-refractivity contribution in [3.8, 4) is 11.1 Å². The molecule has 0 atom stereocenters. The molecule has 2 aliphatic rings. The lowest BCUT2D eigenvalue weighted by Gasteiger charge is -2.28. The standard InChI is InChI=1S/C24H26N4O4S2/c29-21(23(33)27-9-13-31-14-10-27)25-19-7-3-1-5-17(19)18-6-2-4-8-20(18)26-22(30)24(34)28-11-15-32-16-12-28/h1-8H,9-16H2,(H,25,29)(H,26,30). The predicted molar refractivity (Wildman–Crippen MR) is 139 cm³/mol. The topological polar surface area (TPSA) is 83.1 Å². The first-order chi connectivity index (χ1) is 16.5. The van der Waals surface area contributed by atoms with E-state index in [9.17, 15) is 9.59 Å². The van der Waals surface area contributed by atoms with E-state index >= 15 is 0 Å². The van der Waals surface area contributed by atoms with Gasteiger partial charge in [0.15, 0.2) is 9.98 Å². The largest absolute Gasteiger partial charge is 0.378 e. The lowest BCUT2D eigenvalue weighted by Crippen LogP contribution is -2.45. The summed E-state index contributed by atoms with van der Waals surface area (Å²) in [4.78, 5) is 29.9. The van der Waals surface area contributed by atoms with Crippen LogP contribution in [0.1, 0.15) is 0 Å². The zero-order valence-corrected chi connectivity index (χ0v) is 20.3. The van der Waals surface area contributed by atoms with E-state index in [2.05, 4.69) is 10.6 Å². The summed E-state index contributed by atoms with van der Waals surface area (Å²) >= 11 is 10.8. The molecular weight excluding hydrogens is 472 g/mol. The van der Waals surface area contributed by atoms with Gasteiger partial charge in [0, 0.05) is 48.7 Å². The number of amides is 2. The first kappa shape index (κ1) is 24.2. The molecule has 178 valence electrons. The van der Waals surface area contributed by atoms with Crippen LogP contribution in [0.4, 0.5) is 11.4 Å². The highest BCUT2D eigenvalue weighted by Gasteiger charge is 2.23. The van der Waals surface area contributed by atoms with E-state index in [0.29, 0.717) is 64.0 Å². The molecule has 2 fully saturated rings. The molecular formula is C24H26N4O4S2. The number of thiocarbonyl (C=S) groups is 2. The molecule has 10 heteroatoms. The number of ether oxygens (including phenoxy) is 2. The zero-order chi connectivity index (χ0) is 23.9. The van der Waals surface area contributed by atoms with Crippen molar-refractivity contribution in [1.29, 1.82) is 0 Å². The summed E-state index contributed by atoms with van der Waals surface area (Å²) in [6.07, 6.45) is 0. The van der Waals surface area contributed by atoms with Crippen LogP contribution in [0.15, 0.2) is 48.5 Å². The van der Waals surface area contributed by atoms with E-state index in [0.717, 1.165) is 11.1 Å². The molecule has 8 nitrogen and oxygen atoms in total. The van der Waals surface area contributed by atoms with Crippen LogP contribution < -0.4 is 10.6 Å². The first-order valence-corrected chi connectivity index (χ1v) is 11.9. The van der Waals surface area contributed by atoms with Crippen molar-refractivity contribution in [2.45, 2.75) is 0 Å². The second kappa shape index (κ2) is 11.5. The third-order valence-corrected chi connectivity index (χ3v) is 6.51. The number of hydrogen-bond donors (Lipinski definition) is 2. The zero-order valence-electron chi connectivity index (χ0n) is 18.6. The number of hydrogen-bond acceptors (Lipinski definition) is 6. The van der Waals surface area contributed by atoms with Gasteiger partial charge in [-0.3, -0.25) is 9.59 Å². The van der Waals surface area contributed by atoms with Crippen molar-refractivity contribution in [2.24, 2.45) is 0 Å². The third-order valence-electron chi connectivity index (χ3n) is 5.63. The van der Waals surface area contributed by atoms with Gasteiger partial charge < -0.3 is 29.9 Å². The molecule has 4 rings (SSSR count). The smallest absolute Gasteiger partial charge is 0.283 e. The minimum atomic E-state index is -0.348. The van der Waals surface area contributed by atoms with Crippen LogP contribution >= 0.6 is 24.4 Å². The molecule has 0 aromatic heterocycles. The molecule has 2 aromatic carbocycles. The molecule has 0 bridgehead atoms. The van der Waals surface area contributed by atoms with E-state index in [1.165, 1.54) is 0 Å². The van der Waals surface area contributed by atoms with Gasteiger partial charge in [0.2, 0.25) is 0 Å². The fourth-order valence-electron chi connectivity index (χ4n) is 3.83. The number of nitrogens with one attached hydrogen (secondary N) is 2. The van der Waals surface area contributed by atoms with Crippen molar-refractivity contribution in [3.05, 3.63) is 48.5 Å². The minimum Gasteiger partial charge on any atom is -0.378 e. The quantitative estimate of drug-likeness (QED) is 0.625. The van der Waals surface area contributed by atoms with Gasteiger partial charge in [0.1, 0.15) is 0 Å². The molecule has 2 amide bonds. The molecule has 0 radical (unpaired) electrons. The summed E-state index contributed by atoms with van der Waals surface area (Å²) in [5.41, 5.74) is 2.71. The molecule has 2 N–H and O–H groups in total. The Hall–Kier alpha value is -2.92. The lowest BCUT2D eigenvalue weighted by atomic mass is 10.0. The maximum atomic E-state index is 12.9. The Bertz CT molecular complexity index is 997. The summed E-state index contributed by atoms with van der Waals surface area (Å²) in [6.45, 7) is 4.54. The highest BCUT2D eigenvalue weighted by atomic mass is 32.1. The number of para-hydroxylation sites is 2. The maximum Gasteiger partial charge on any atom is 0.283 e. The van der Waals surface area contributed by atoms with Gasteiger partial charge in [-0.2, -0.15) is 0 Å². The molecule has 0 unspecified atom stereocenters. The molecule has 0 spiro atoms. The monoisotopic (exact) mass is 498 g/mol. The van der Waals surface area contributed by atoms with Gasteiger partial charge in [-0.05, 0) is 12.1 Å². The lowest BCUT2D eigenvalue weighted by molar-refractivity contribution is -0.111. The summed E-state index contributed by atoms with van der Waals surface area (Å²) in [7, 11) is 0. The number of carbonyl (C=O) groups excluding carboxylic acids is 2. The van der Waals surface area contributed by atoms with Crippen LogP contribution in [0.25, 0.3) is 11.1 Å². The van der Waals surface area contributed by atoms with Crippen LogP contribution in [0.3, 0.4) is 0 Å². The first-order valence-electron chi connectivity index (χ1n) is 11.1. The van der Waals surface area contributed by atoms with Gasteiger partial charge in [0.05, 0.1) is 26.4 Å². The van der Waals surface area contributed by atoms with Crippen molar-refractivity contribution in [3.63, 3.8) is 0 Å². The molecule has 34 heavy (non-hydrogen) atoms. The summed E-state index contributed by atoms with van der Waals surface area (Å²) in [6, 6.07) is 14.8. The SMILES string of the molecule is O=C(Nc1ccccc1-c1ccccc1NC(=O)C(=S)N1CCOCC1)C(=S)N1CCOCC1. The van der Waals surface area contributed by atoms with Gasteiger partial charge >= 0.3 is 0 Å². The molecule has 2 aliphatic heterocycles. The predicted octanol–water partition coefficient (Wildman–Crippen LogP) is 2.55. The van der Waals surface area contributed by atoms with E-state index in [-0.39, 0.29) is 21.8 Å². The molecule has 2 saturated heterocycles. The second-order valence-corrected chi connectivity index (χ2v) is 8.58. The van der Waals surface area contributed by atoms with Gasteiger partial charge in [-0.15, -0.1) is 0 Å². The summed E-state index contributed by atoms with van der Waals surface area (Å²) in [5.74, 6) is -0.696. The van der Waals surface area contributed by atoms with Crippen LogP contribution in [-0.4, -0.2) is 84.2 Å². The Labute approximate surface area is 209 Å². The van der Waals surface area contributed by atoms with E-state index < -0.39 is 0 Å². The van der Waals surface area contributed by atoms with Crippen LogP contribution in [0, 0.1) is 0 Å². The van der Waals surface area contributed by atoms with Crippen LogP contribution in [0.5, 0.6) is 0 Å². The fourth-order valence-corrected chi connectivity index (χ4v) is 4.29. The number of carbonyl (C=O) groups is 2. The molecule has 2 aromatic rings. The highest BCUT2D eigenvalue weighted by Crippen LogP contribution is 2.33. The van der Waals surface area contributed by atoms with Gasteiger partial charge in [0.25, 0.3) is 11.8 Å². The molecule has 0 saturated carbocycles. The van der Waals surface area contributed by atoms with Crippen molar-refractivity contribution >= 4 is 57.6 Å². The number of anilines is 2. The Morgan fingerprint density at radius 1 is 0.647 bits per heavy atom. The molecule has 2 heterocycles. The van der Waals surface area contributed by atoms with E-state index in [1.807, 2.05) is 58.3 Å². The van der Waals surface area contributed by atoms with Crippen molar-refractivity contribution in [1.82, 2.24) is 9.80 Å². The average Bonchev–Trinajstić information content (AvgIpc) is 2.89. The Morgan fingerprint density at radius 3 is 1.38 bits per heavy atom. The number of rotatable bonds is 3. The normalized spacial score (nSPS) is 16.0. The van der Waals surface area contributed by atoms with Gasteiger partial charge in [-0.1, -0.05) is 60.8 Å². The highest BCUT2D eigenvalue weighted by molar-refractivity contribution is 7.82. The third kappa shape index (κ3) is 5.76. The van der Waals surface area contributed by atoms with E-state index in [1.54, 1.807) is 0 Å². The van der Waals surface area contributed by atoms with E-state index in [4.69, 9.17) is 33.9 Å². The Kier molecular flexibility index (Phi) is 8.17. The Morgan fingerprint density at radius 2 is 1.00 bits per heavy atom. The summed E-state index contributed by atoms with van der Waals surface area (Å²) < 4.78 is 10.7.